The summed E-state index contributed by atoms with van der Waals surface area (Å²) in [5.74, 6) is -0.498. The Hall–Kier alpha value is -0.983. The van der Waals surface area contributed by atoms with Gasteiger partial charge in [0.2, 0.25) is 9.05 Å². The van der Waals surface area contributed by atoms with Crippen LogP contribution in [0.3, 0.4) is 0 Å². The maximum absolute atomic E-state index is 12.2. The number of rotatable bonds is 6. The van der Waals surface area contributed by atoms with Gasteiger partial charge in [0.25, 0.3) is 5.56 Å². The third-order valence-electron chi connectivity index (χ3n) is 5.28. The largest absolute Gasteiger partial charge is 0.408 e. The second kappa shape index (κ2) is 8.03. The molecule has 1 aliphatic rings. The summed E-state index contributed by atoms with van der Waals surface area (Å²) in [5, 5.41) is -0.150. The van der Waals surface area contributed by atoms with Crippen molar-refractivity contribution in [2.24, 2.45) is 0 Å². The molecule has 1 unspecified atom stereocenters. The molecule has 0 spiro atoms. The SMILES string of the molecule is CO[C@@H]1C(O[Si](C)(C)C(C)(C)C)[C@@H](CS(=O)(=O)Cl)O[C@H]1n1ccc(=O)[nH]c1=O. The van der Waals surface area contributed by atoms with E-state index in [1.165, 1.54) is 19.4 Å². The van der Waals surface area contributed by atoms with Crippen LogP contribution in [0.1, 0.15) is 27.0 Å². The van der Waals surface area contributed by atoms with Crippen molar-refractivity contribution in [3.63, 3.8) is 0 Å². The van der Waals surface area contributed by atoms with Crippen LogP contribution in [0.4, 0.5) is 0 Å². The Balaban J connectivity index is 2.48. The average Bonchev–Trinajstić information content (AvgIpc) is 2.81. The molecule has 1 fully saturated rings. The van der Waals surface area contributed by atoms with Crippen LogP contribution >= 0.6 is 10.7 Å². The van der Waals surface area contributed by atoms with Gasteiger partial charge in [0.15, 0.2) is 14.5 Å². The molecule has 0 aliphatic carbocycles. The highest BCUT2D eigenvalue weighted by atomic mass is 35.7. The normalized spacial score (nSPS) is 26.5. The van der Waals surface area contributed by atoms with Gasteiger partial charge in [0, 0.05) is 30.1 Å². The summed E-state index contributed by atoms with van der Waals surface area (Å²) in [5.41, 5.74) is -1.25. The van der Waals surface area contributed by atoms with Crippen LogP contribution < -0.4 is 11.2 Å². The molecule has 1 aliphatic heterocycles. The molecule has 12 heteroatoms. The summed E-state index contributed by atoms with van der Waals surface area (Å²) < 4.78 is 42.5. The van der Waals surface area contributed by atoms with Crippen molar-refractivity contribution >= 4 is 28.1 Å². The fourth-order valence-corrected chi connectivity index (χ4v) is 5.15. The summed E-state index contributed by atoms with van der Waals surface area (Å²) in [6, 6.07) is 1.17. The summed E-state index contributed by atoms with van der Waals surface area (Å²) in [6.07, 6.45) is -2.18. The van der Waals surface area contributed by atoms with E-state index < -0.39 is 58.9 Å². The Kier molecular flexibility index (Phi) is 6.69. The number of methoxy groups -OCH3 is 1. The quantitative estimate of drug-likeness (QED) is 0.510. The summed E-state index contributed by atoms with van der Waals surface area (Å²) in [4.78, 5) is 25.7. The number of ether oxygens (including phenoxy) is 2. The van der Waals surface area contributed by atoms with E-state index in [4.69, 9.17) is 24.6 Å². The zero-order valence-electron chi connectivity index (χ0n) is 16.8. The van der Waals surface area contributed by atoms with Crippen LogP contribution in [0.25, 0.3) is 0 Å². The van der Waals surface area contributed by atoms with Gasteiger partial charge in [-0.2, -0.15) is 0 Å². The van der Waals surface area contributed by atoms with E-state index in [-0.39, 0.29) is 5.04 Å². The predicted molar refractivity (Wildman–Crippen MR) is 108 cm³/mol. The van der Waals surface area contributed by atoms with E-state index in [0.29, 0.717) is 0 Å². The lowest BCUT2D eigenvalue weighted by atomic mass is 10.1. The van der Waals surface area contributed by atoms with Crippen molar-refractivity contribution in [3.05, 3.63) is 33.1 Å². The fraction of sp³-hybridized carbons (Fsp3) is 0.750. The molecule has 9 nitrogen and oxygen atoms in total. The molecular formula is C16H27ClN2O7SSi. The van der Waals surface area contributed by atoms with Gasteiger partial charge in [0.05, 0.1) is 5.75 Å². The standard InChI is InChI=1S/C16H27ClN2O7SSi/c1-16(2,3)28(5,6)26-12-10(9-27(17,22)23)25-14(13(12)24-4)19-8-7-11(20)18-15(19)21/h7-8,10,12-14H,9H2,1-6H3,(H,18,20,21)/t10-,12?,13-,14-/m1/s1. The zero-order chi connectivity index (χ0) is 21.5. The maximum Gasteiger partial charge on any atom is 0.330 e. The highest BCUT2D eigenvalue weighted by Gasteiger charge is 2.52. The number of halogens is 1. The van der Waals surface area contributed by atoms with Crippen LogP contribution in [0, 0.1) is 0 Å². The first-order valence-electron chi connectivity index (χ1n) is 8.76. The average molecular weight is 455 g/mol. The minimum atomic E-state index is -3.90. The summed E-state index contributed by atoms with van der Waals surface area (Å²) in [6.45, 7) is 10.2. The van der Waals surface area contributed by atoms with E-state index in [0.717, 1.165) is 4.57 Å². The Morgan fingerprint density at radius 3 is 2.36 bits per heavy atom. The predicted octanol–water partition coefficient (Wildman–Crippen LogP) is 1.41. The second-order valence-corrected chi connectivity index (χ2v) is 15.9. The van der Waals surface area contributed by atoms with Gasteiger partial charge in [-0.1, -0.05) is 20.8 Å². The van der Waals surface area contributed by atoms with Gasteiger partial charge in [-0.3, -0.25) is 14.3 Å². The topological polar surface area (TPSA) is 117 Å². The van der Waals surface area contributed by atoms with Crippen LogP contribution in [0.2, 0.25) is 18.1 Å². The molecule has 28 heavy (non-hydrogen) atoms. The van der Waals surface area contributed by atoms with Gasteiger partial charge in [-0.25, -0.2) is 13.2 Å². The van der Waals surface area contributed by atoms with Crippen molar-refractivity contribution in [2.75, 3.05) is 12.9 Å². The summed E-state index contributed by atoms with van der Waals surface area (Å²) >= 11 is 0. The molecule has 1 N–H and O–H groups in total. The Labute approximate surface area is 169 Å². The number of nitrogens with zero attached hydrogens (tertiary/aromatic N) is 1. The fourth-order valence-electron chi connectivity index (χ4n) is 2.80. The lowest BCUT2D eigenvalue weighted by molar-refractivity contribution is -0.0506. The van der Waals surface area contributed by atoms with Crippen LogP contribution in [0.5, 0.6) is 0 Å². The van der Waals surface area contributed by atoms with Gasteiger partial charge >= 0.3 is 5.69 Å². The molecule has 1 aromatic rings. The van der Waals surface area contributed by atoms with E-state index in [1.807, 2.05) is 33.9 Å². The van der Waals surface area contributed by atoms with Crippen LogP contribution in [-0.2, 0) is 23.0 Å². The number of nitrogens with one attached hydrogen (secondary N) is 1. The Morgan fingerprint density at radius 1 is 1.29 bits per heavy atom. The van der Waals surface area contributed by atoms with Gasteiger partial charge in [0.1, 0.15) is 18.3 Å². The molecular weight excluding hydrogens is 428 g/mol. The van der Waals surface area contributed by atoms with Crippen molar-refractivity contribution in [1.82, 2.24) is 9.55 Å². The molecule has 2 rings (SSSR count). The van der Waals surface area contributed by atoms with E-state index in [9.17, 15) is 18.0 Å². The van der Waals surface area contributed by atoms with Gasteiger partial charge in [-0.15, -0.1) is 0 Å². The first kappa shape index (κ1) is 23.3. The molecule has 0 bridgehead atoms. The molecule has 1 saturated heterocycles. The van der Waals surface area contributed by atoms with Gasteiger partial charge < -0.3 is 13.9 Å². The van der Waals surface area contributed by atoms with E-state index in [2.05, 4.69) is 4.98 Å². The maximum atomic E-state index is 12.2. The lowest BCUT2D eigenvalue weighted by Crippen LogP contribution is -2.50. The first-order chi connectivity index (χ1) is 12.7. The van der Waals surface area contributed by atoms with Crippen LogP contribution in [-0.4, -0.2) is 57.5 Å². The lowest BCUT2D eigenvalue weighted by Gasteiger charge is -2.40. The minimum absolute atomic E-state index is 0.150. The summed E-state index contributed by atoms with van der Waals surface area (Å²) in [7, 11) is 0.650. The van der Waals surface area contributed by atoms with Crippen molar-refractivity contribution in [1.29, 1.82) is 0 Å². The molecule has 160 valence electrons. The van der Waals surface area contributed by atoms with Crippen molar-refractivity contribution in [3.8, 4) is 0 Å². The van der Waals surface area contributed by atoms with Gasteiger partial charge in [-0.05, 0) is 18.1 Å². The molecule has 0 amide bonds. The molecule has 0 radical (unpaired) electrons. The Morgan fingerprint density at radius 2 is 1.89 bits per heavy atom. The zero-order valence-corrected chi connectivity index (χ0v) is 19.3. The molecule has 4 atom stereocenters. The number of hydrogen-bond donors (Lipinski definition) is 1. The Bertz CT molecular complexity index is 922. The highest BCUT2D eigenvalue weighted by molar-refractivity contribution is 8.13. The second-order valence-electron chi connectivity index (χ2n) is 8.33. The third-order valence-corrected chi connectivity index (χ3v) is 10.9. The third kappa shape index (κ3) is 5.13. The molecule has 1 aromatic heterocycles. The van der Waals surface area contributed by atoms with Crippen molar-refractivity contribution < 1.29 is 22.3 Å². The van der Waals surface area contributed by atoms with Crippen LogP contribution in [0.15, 0.2) is 21.9 Å². The highest BCUT2D eigenvalue weighted by Crippen LogP contribution is 2.42. The number of aromatic nitrogens is 2. The number of hydrogen-bond acceptors (Lipinski definition) is 7. The minimum Gasteiger partial charge on any atom is -0.408 e. The first-order valence-corrected chi connectivity index (χ1v) is 14.1. The molecule has 2 heterocycles. The van der Waals surface area contributed by atoms with E-state index in [1.54, 1.807) is 0 Å². The van der Waals surface area contributed by atoms with E-state index >= 15 is 0 Å². The molecule has 0 aromatic carbocycles. The molecule has 0 saturated carbocycles. The monoisotopic (exact) mass is 454 g/mol. The number of H-pyrrole nitrogens is 1. The smallest absolute Gasteiger partial charge is 0.330 e. The van der Waals surface area contributed by atoms with Crippen molar-refractivity contribution in [2.45, 2.75) is 63.4 Å². The number of aromatic amines is 1.